The normalized spacial score (nSPS) is 15.0. The minimum atomic E-state index is -0.770. The van der Waals surface area contributed by atoms with E-state index in [1.165, 1.54) is 0 Å². The van der Waals surface area contributed by atoms with E-state index in [0.29, 0.717) is 45.3 Å². The van der Waals surface area contributed by atoms with E-state index in [4.69, 9.17) is 24.4 Å². The number of unbranched alkanes of at least 4 members (excludes halogenated alkanes) is 2. The number of carboxylic acids is 1. The lowest BCUT2D eigenvalue weighted by molar-refractivity contribution is -0.154. The van der Waals surface area contributed by atoms with Crippen LogP contribution >= 0.6 is 0 Å². The highest BCUT2D eigenvalue weighted by atomic mass is 16.7. The van der Waals surface area contributed by atoms with Crippen LogP contribution < -0.4 is 0 Å². The highest BCUT2D eigenvalue weighted by Crippen LogP contribution is 2.13. The second-order valence-electron chi connectivity index (χ2n) is 5.88. The second-order valence-corrected chi connectivity index (χ2v) is 5.88. The number of esters is 1. The largest absolute Gasteiger partial charge is 0.481 e. The number of carbonyl (C=O) groups excluding carboxylic acids is 1. The van der Waals surface area contributed by atoms with Crippen LogP contribution in [0.5, 0.6) is 0 Å². The molecule has 1 rings (SSSR count). The quantitative estimate of drug-likeness (QED) is 0.351. The summed E-state index contributed by atoms with van der Waals surface area (Å²) in [5.41, 5.74) is 0. The number of aliphatic carboxylic acids is 1. The summed E-state index contributed by atoms with van der Waals surface area (Å²) in [6.45, 7) is 3.25. The number of ether oxygens (including phenoxy) is 3. The number of carbonyl (C=O) groups is 2. The van der Waals surface area contributed by atoms with Crippen LogP contribution in [-0.2, 0) is 23.8 Å². The summed E-state index contributed by atoms with van der Waals surface area (Å²) in [6, 6.07) is 0. The van der Waals surface area contributed by atoms with Gasteiger partial charge >= 0.3 is 11.9 Å². The standard InChI is InChI=1S/C12H18O4.C9H14O3/c13-11(14)7-3-1-2-5-9-15-12-8-4-6-10-16-12;1-2-12-9(11)7-5-3-4-6-8-10/h12H,1,3-4,6-10H2,(H,13,14);10H,2-3,5,7-8H2,1H3. The summed E-state index contributed by atoms with van der Waals surface area (Å²) in [5.74, 6) is 10.0. The molecule has 7 heteroatoms. The molecule has 28 heavy (non-hydrogen) atoms. The van der Waals surface area contributed by atoms with Crippen molar-refractivity contribution in [2.75, 3.05) is 26.4 Å². The summed E-state index contributed by atoms with van der Waals surface area (Å²) in [7, 11) is 0. The van der Waals surface area contributed by atoms with E-state index >= 15 is 0 Å². The van der Waals surface area contributed by atoms with Gasteiger partial charge in [0.2, 0.25) is 0 Å². The molecule has 2 N–H and O–H groups in total. The summed E-state index contributed by atoms with van der Waals surface area (Å²) >= 11 is 0. The lowest BCUT2D eigenvalue weighted by Gasteiger charge is -2.21. The van der Waals surface area contributed by atoms with E-state index in [-0.39, 0.29) is 25.3 Å². The Labute approximate surface area is 167 Å². The van der Waals surface area contributed by atoms with Crippen molar-refractivity contribution in [2.24, 2.45) is 0 Å². The van der Waals surface area contributed by atoms with Crippen LogP contribution in [0.3, 0.4) is 0 Å². The fourth-order valence-electron chi connectivity index (χ4n) is 2.14. The third-order valence-corrected chi connectivity index (χ3v) is 3.49. The van der Waals surface area contributed by atoms with Crippen molar-refractivity contribution >= 4 is 11.9 Å². The van der Waals surface area contributed by atoms with Gasteiger partial charge in [-0.25, -0.2) is 0 Å². The third kappa shape index (κ3) is 18.7. The third-order valence-electron chi connectivity index (χ3n) is 3.49. The second kappa shape index (κ2) is 19.7. The molecule has 0 spiro atoms. The average molecular weight is 396 g/mol. The molecular formula is C21H32O7. The molecule has 0 amide bonds. The summed E-state index contributed by atoms with van der Waals surface area (Å²) in [6.07, 6.45) is 6.25. The van der Waals surface area contributed by atoms with E-state index in [2.05, 4.69) is 23.7 Å². The lowest BCUT2D eigenvalue weighted by atomic mass is 10.2. The summed E-state index contributed by atoms with van der Waals surface area (Å²) in [5, 5.41) is 16.7. The zero-order chi connectivity index (χ0) is 20.9. The van der Waals surface area contributed by atoms with E-state index in [1.807, 2.05) is 0 Å². The van der Waals surface area contributed by atoms with Gasteiger partial charge < -0.3 is 24.4 Å². The van der Waals surface area contributed by atoms with Crippen molar-refractivity contribution < 1.29 is 34.0 Å². The van der Waals surface area contributed by atoms with Crippen molar-refractivity contribution in [3.05, 3.63) is 0 Å². The van der Waals surface area contributed by atoms with Gasteiger partial charge in [0.15, 0.2) is 6.29 Å². The smallest absolute Gasteiger partial charge is 0.305 e. The Hall–Kier alpha value is -2.06. The van der Waals surface area contributed by atoms with Crippen molar-refractivity contribution in [2.45, 2.75) is 71.0 Å². The van der Waals surface area contributed by atoms with Gasteiger partial charge in [-0.1, -0.05) is 11.8 Å². The SMILES string of the molecule is CCOC(=O)CCCC#CCO.O=C(O)CCCC#CCOC1CCCCO1. The minimum Gasteiger partial charge on any atom is -0.481 e. The molecule has 0 aromatic carbocycles. The number of aliphatic hydroxyl groups is 1. The average Bonchev–Trinajstić information content (AvgIpc) is 2.68. The topological polar surface area (TPSA) is 102 Å². The monoisotopic (exact) mass is 396 g/mol. The van der Waals surface area contributed by atoms with Crippen LogP contribution in [-0.4, -0.2) is 54.9 Å². The zero-order valence-electron chi connectivity index (χ0n) is 16.7. The maximum atomic E-state index is 10.8. The zero-order valence-corrected chi connectivity index (χ0v) is 16.7. The number of hydrogen-bond donors (Lipinski definition) is 2. The fraction of sp³-hybridized carbons (Fsp3) is 0.714. The molecule has 0 aromatic rings. The van der Waals surface area contributed by atoms with E-state index in [0.717, 1.165) is 25.9 Å². The Morgan fingerprint density at radius 1 is 1.07 bits per heavy atom. The molecule has 0 bridgehead atoms. The maximum Gasteiger partial charge on any atom is 0.305 e. The highest BCUT2D eigenvalue weighted by Gasteiger charge is 2.12. The van der Waals surface area contributed by atoms with Gasteiger partial charge in [-0.3, -0.25) is 9.59 Å². The molecule has 1 fully saturated rings. The summed E-state index contributed by atoms with van der Waals surface area (Å²) in [4.78, 5) is 21.0. The molecule has 0 aromatic heterocycles. The predicted molar refractivity (Wildman–Crippen MR) is 104 cm³/mol. The Morgan fingerprint density at radius 2 is 1.79 bits per heavy atom. The van der Waals surface area contributed by atoms with Crippen LogP contribution in [0.1, 0.15) is 64.7 Å². The van der Waals surface area contributed by atoms with E-state index < -0.39 is 5.97 Å². The first-order chi connectivity index (χ1) is 13.6. The van der Waals surface area contributed by atoms with Crippen molar-refractivity contribution in [1.29, 1.82) is 0 Å². The first-order valence-electron chi connectivity index (χ1n) is 9.73. The summed E-state index contributed by atoms with van der Waals surface area (Å²) < 4.78 is 15.5. The Kier molecular flexibility index (Phi) is 18.2. The Morgan fingerprint density at radius 3 is 2.39 bits per heavy atom. The Bertz CT molecular complexity index is 530. The molecule has 1 aliphatic rings. The number of rotatable bonds is 9. The van der Waals surface area contributed by atoms with E-state index in [9.17, 15) is 9.59 Å². The molecule has 1 saturated heterocycles. The molecule has 1 unspecified atom stereocenters. The van der Waals surface area contributed by atoms with Crippen molar-refractivity contribution in [3.63, 3.8) is 0 Å². The van der Waals surface area contributed by atoms with Gasteiger partial charge in [0, 0.05) is 32.3 Å². The van der Waals surface area contributed by atoms with Gasteiger partial charge in [0.25, 0.3) is 0 Å². The number of hydrogen-bond acceptors (Lipinski definition) is 6. The van der Waals surface area contributed by atoms with Crippen molar-refractivity contribution in [3.8, 4) is 23.7 Å². The first kappa shape index (κ1) is 25.9. The minimum absolute atomic E-state index is 0.0953. The molecular weight excluding hydrogens is 364 g/mol. The lowest BCUT2D eigenvalue weighted by Crippen LogP contribution is -2.22. The molecule has 0 saturated carbocycles. The van der Waals surface area contributed by atoms with Gasteiger partial charge in [0.05, 0.1) is 6.61 Å². The van der Waals surface area contributed by atoms with Crippen LogP contribution in [0.4, 0.5) is 0 Å². The van der Waals surface area contributed by atoms with Crippen LogP contribution in [0.2, 0.25) is 0 Å². The molecule has 0 aliphatic carbocycles. The van der Waals surface area contributed by atoms with E-state index in [1.54, 1.807) is 6.92 Å². The molecule has 1 atom stereocenters. The van der Waals surface area contributed by atoms with Gasteiger partial charge in [-0.2, -0.15) is 0 Å². The maximum absolute atomic E-state index is 10.8. The van der Waals surface area contributed by atoms with Crippen LogP contribution in [0.15, 0.2) is 0 Å². The first-order valence-corrected chi connectivity index (χ1v) is 9.73. The number of aliphatic hydroxyl groups excluding tert-OH is 1. The van der Waals surface area contributed by atoms with Gasteiger partial charge in [0.1, 0.15) is 13.2 Å². The molecule has 0 radical (unpaired) electrons. The van der Waals surface area contributed by atoms with Gasteiger partial charge in [-0.15, -0.1) is 11.8 Å². The van der Waals surface area contributed by atoms with Crippen LogP contribution in [0, 0.1) is 23.7 Å². The highest BCUT2D eigenvalue weighted by molar-refractivity contribution is 5.69. The molecule has 1 aliphatic heterocycles. The van der Waals surface area contributed by atoms with Crippen LogP contribution in [0.25, 0.3) is 0 Å². The molecule has 1 heterocycles. The fourth-order valence-corrected chi connectivity index (χ4v) is 2.14. The molecule has 158 valence electrons. The number of carboxylic acid groups (broad SMARTS) is 1. The Balaban J connectivity index is 0.000000546. The molecule has 7 nitrogen and oxygen atoms in total. The van der Waals surface area contributed by atoms with Crippen molar-refractivity contribution in [1.82, 2.24) is 0 Å². The van der Waals surface area contributed by atoms with Gasteiger partial charge in [-0.05, 0) is 39.0 Å². The predicted octanol–water partition coefficient (Wildman–Crippen LogP) is 2.50.